The van der Waals surface area contributed by atoms with E-state index >= 15 is 0 Å². The summed E-state index contributed by atoms with van der Waals surface area (Å²) >= 11 is 0. The van der Waals surface area contributed by atoms with Crippen molar-refractivity contribution >= 4 is 17.9 Å². The normalized spacial score (nSPS) is 32.4. The molecule has 3 fully saturated rings. The van der Waals surface area contributed by atoms with Crippen molar-refractivity contribution in [2.75, 3.05) is 26.3 Å². The minimum Gasteiger partial charge on any atom is -0.465 e. The number of likely N-dealkylation sites (tertiary alicyclic amines) is 1. The molecule has 0 bridgehead atoms. The average Bonchev–Trinajstić information content (AvgIpc) is 3.40. The summed E-state index contributed by atoms with van der Waals surface area (Å²) in [5, 5.41) is 0. The number of carbonyl (C=O) groups excluding carboxylic acids is 3. The van der Waals surface area contributed by atoms with E-state index in [1.54, 1.807) is 0 Å². The van der Waals surface area contributed by atoms with Crippen molar-refractivity contribution in [3.63, 3.8) is 0 Å². The first-order chi connectivity index (χ1) is 20.5. The van der Waals surface area contributed by atoms with Gasteiger partial charge >= 0.3 is 17.9 Å². The first-order valence-electron chi connectivity index (χ1n) is 16.1. The summed E-state index contributed by atoms with van der Waals surface area (Å²) in [6.45, 7) is 14.4. The van der Waals surface area contributed by atoms with E-state index in [0.717, 1.165) is 63.6 Å². The minimum atomic E-state index is -0.514. The van der Waals surface area contributed by atoms with Gasteiger partial charge in [-0.3, -0.25) is 14.5 Å². The number of hydrogen-bond acceptors (Lipinski definition) is 7. The van der Waals surface area contributed by atoms with Crippen LogP contribution < -0.4 is 0 Å². The van der Waals surface area contributed by atoms with Gasteiger partial charge in [0.15, 0.2) is 0 Å². The van der Waals surface area contributed by atoms with Crippen LogP contribution in [0, 0.1) is 28.6 Å². The molecule has 5 rings (SSSR count). The molecule has 1 aromatic carbocycles. The molecule has 0 aromatic heterocycles. The third-order valence-electron chi connectivity index (χ3n) is 11.2. The van der Waals surface area contributed by atoms with Crippen molar-refractivity contribution < 1.29 is 28.6 Å². The van der Waals surface area contributed by atoms with E-state index in [-0.39, 0.29) is 53.9 Å². The molecule has 0 spiro atoms. The lowest BCUT2D eigenvalue weighted by atomic mass is 9.45. The van der Waals surface area contributed by atoms with Gasteiger partial charge in [-0.25, -0.2) is 4.79 Å². The Morgan fingerprint density at radius 1 is 1.07 bits per heavy atom. The van der Waals surface area contributed by atoms with E-state index in [1.165, 1.54) is 25.0 Å². The monoisotopic (exact) mass is 591 g/mol. The Labute approximate surface area is 257 Å². The van der Waals surface area contributed by atoms with E-state index in [4.69, 9.17) is 14.2 Å². The van der Waals surface area contributed by atoms with Gasteiger partial charge in [-0.15, -0.1) is 0 Å². The van der Waals surface area contributed by atoms with Crippen LogP contribution in [0.5, 0.6) is 0 Å². The van der Waals surface area contributed by atoms with E-state index in [2.05, 4.69) is 55.7 Å². The van der Waals surface area contributed by atoms with Crippen LogP contribution in [0.1, 0.15) is 78.2 Å². The molecule has 2 saturated carbocycles. The fourth-order valence-electron chi connectivity index (χ4n) is 9.01. The number of cyclic esters (lactones) is 1. The summed E-state index contributed by atoms with van der Waals surface area (Å²) < 4.78 is 17.0. The molecule has 1 saturated heterocycles. The quantitative estimate of drug-likeness (QED) is 0.196. The van der Waals surface area contributed by atoms with Crippen molar-refractivity contribution in [3.8, 4) is 0 Å². The molecule has 1 aromatic rings. The molecule has 0 N–H and O–H groups in total. The zero-order valence-electron chi connectivity index (χ0n) is 26.4. The van der Waals surface area contributed by atoms with Gasteiger partial charge in [0.2, 0.25) is 0 Å². The van der Waals surface area contributed by atoms with Crippen LogP contribution in [-0.4, -0.2) is 61.3 Å². The second-order valence-corrected chi connectivity index (χ2v) is 13.9. The maximum atomic E-state index is 13.0. The lowest BCUT2D eigenvalue weighted by molar-refractivity contribution is -0.192. The number of piperidine rings is 1. The maximum Gasteiger partial charge on any atom is 0.335 e. The van der Waals surface area contributed by atoms with E-state index in [1.807, 2.05) is 6.08 Å². The molecule has 0 amide bonds. The second kappa shape index (κ2) is 13.0. The Bertz CT molecular complexity index is 1230. The summed E-state index contributed by atoms with van der Waals surface area (Å²) in [7, 11) is 0. The van der Waals surface area contributed by atoms with Crippen LogP contribution in [0.4, 0.5) is 0 Å². The molecular weight excluding hydrogens is 542 g/mol. The highest BCUT2D eigenvalue weighted by molar-refractivity contribution is 5.91. The smallest absolute Gasteiger partial charge is 0.335 e. The van der Waals surface area contributed by atoms with Crippen molar-refractivity contribution in [3.05, 3.63) is 59.7 Å². The van der Waals surface area contributed by atoms with Crippen molar-refractivity contribution in [1.29, 1.82) is 0 Å². The molecule has 4 aliphatic rings. The van der Waals surface area contributed by atoms with Crippen molar-refractivity contribution in [2.45, 2.75) is 91.2 Å². The van der Waals surface area contributed by atoms with Crippen molar-refractivity contribution in [2.24, 2.45) is 28.6 Å². The Kier molecular flexibility index (Phi) is 9.50. The predicted octanol–water partition coefficient (Wildman–Crippen LogP) is 6.07. The fraction of sp³-hybridized carbons (Fsp3) is 0.639. The number of benzene rings is 1. The van der Waals surface area contributed by atoms with Crippen LogP contribution in [0.2, 0.25) is 0 Å². The third kappa shape index (κ3) is 6.62. The molecule has 6 atom stereocenters. The van der Waals surface area contributed by atoms with Gasteiger partial charge in [-0.2, -0.15) is 0 Å². The third-order valence-corrected chi connectivity index (χ3v) is 11.2. The maximum absolute atomic E-state index is 13.0. The largest absolute Gasteiger partial charge is 0.465 e. The van der Waals surface area contributed by atoms with E-state index in [9.17, 15) is 14.4 Å². The van der Waals surface area contributed by atoms with Crippen LogP contribution in [0.3, 0.4) is 0 Å². The number of hydrogen-bond donors (Lipinski definition) is 0. The van der Waals surface area contributed by atoms with Gasteiger partial charge in [-0.1, -0.05) is 56.3 Å². The SMILES string of the molecule is C=C1CC[C@@H]2[C@](C)(COC(C)=O)[C@@H](OC(C)=O)CC[C@@]2(C)[C@@H]1C[C@@H](C1=CCOC1=O)N1CCC(Cc2ccccc2)CC1. The molecule has 234 valence electrons. The number of carbonyl (C=O) groups is 3. The molecule has 2 heterocycles. The Hall–Kier alpha value is -2.93. The number of nitrogens with zero attached hydrogens (tertiary/aromatic N) is 1. The fourth-order valence-corrected chi connectivity index (χ4v) is 9.01. The highest BCUT2D eigenvalue weighted by atomic mass is 16.6. The minimum absolute atomic E-state index is 0.0316. The topological polar surface area (TPSA) is 82.1 Å². The second-order valence-electron chi connectivity index (χ2n) is 13.9. The number of rotatable bonds is 9. The summed E-state index contributed by atoms with van der Waals surface area (Å²) in [6, 6.07) is 10.7. The zero-order chi connectivity index (χ0) is 30.8. The first-order valence-corrected chi connectivity index (χ1v) is 16.1. The van der Waals surface area contributed by atoms with Gasteiger partial charge < -0.3 is 14.2 Å². The van der Waals surface area contributed by atoms with Gasteiger partial charge in [0.25, 0.3) is 0 Å². The molecule has 0 radical (unpaired) electrons. The van der Waals surface area contributed by atoms with Crippen LogP contribution >= 0.6 is 0 Å². The summed E-state index contributed by atoms with van der Waals surface area (Å²) in [6.07, 6.45) is 9.11. The number of esters is 3. The Balaban J connectivity index is 1.39. The van der Waals surface area contributed by atoms with Crippen LogP contribution in [-0.2, 0) is 35.0 Å². The summed E-state index contributed by atoms with van der Waals surface area (Å²) in [5.74, 6) is 0.139. The van der Waals surface area contributed by atoms with Gasteiger partial charge in [0.1, 0.15) is 19.3 Å². The molecule has 7 nitrogen and oxygen atoms in total. The molecule has 43 heavy (non-hydrogen) atoms. The number of ether oxygens (including phenoxy) is 3. The van der Waals surface area contributed by atoms with Crippen molar-refractivity contribution in [1.82, 2.24) is 4.90 Å². The van der Waals surface area contributed by atoms with E-state index < -0.39 is 5.41 Å². The average molecular weight is 592 g/mol. The standard InChI is InChI=1S/C36H49NO6/c1-24-11-12-32-35(4,17-13-33(43-26(3)39)36(32,5)23-42-25(2)38)30(24)22-31(29-16-20-41-34(29)40)37-18-14-28(15-19-37)21-27-9-7-6-8-10-27/h6-10,16,28,30-33H,1,11-15,17-23H2,2-5H3/t30-,31+,32+,33+,35+,36+/m1/s1. The molecular formula is C36H49NO6. The van der Waals surface area contributed by atoms with Gasteiger partial charge in [0, 0.05) is 25.3 Å². The molecule has 2 aliphatic heterocycles. The van der Waals surface area contributed by atoms with Crippen LogP contribution in [0.25, 0.3) is 0 Å². The highest BCUT2D eigenvalue weighted by Crippen LogP contribution is 2.63. The summed E-state index contributed by atoms with van der Waals surface area (Å²) in [4.78, 5) is 39.6. The molecule has 0 unspecified atom stereocenters. The summed E-state index contributed by atoms with van der Waals surface area (Å²) in [5.41, 5.74) is 2.75. The molecule has 7 heteroatoms. The zero-order valence-corrected chi connectivity index (χ0v) is 26.4. The lowest BCUT2D eigenvalue weighted by Gasteiger charge is -2.61. The number of allylic oxidation sites excluding steroid dienone is 1. The number of fused-ring (bicyclic) bond motifs is 1. The van der Waals surface area contributed by atoms with Crippen LogP contribution in [0.15, 0.2) is 54.1 Å². The highest BCUT2D eigenvalue weighted by Gasteiger charge is 2.60. The Morgan fingerprint density at radius 2 is 1.79 bits per heavy atom. The predicted molar refractivity (Wildman–Crippen MR) is 165 cm³/mol. The molecule has 2 aliphatic carbocycles. The Morgan fingerprint density at radius 3 is 2.42 bits per heavy atom. The van der Waals surface area contributed by atoms with Gasteiger partial charge in [0.05, 0.1) is 5.57 Å². The lowest BCUT2D eigenvalue weighted by Crippen LogP contribution is -2.59. The first kappa shape index (κ1) is 31.5. The van der Waals surface area contributed by atoms with E-state index in [0.29, 0.717) is 18.9 Å². The van der Waals surface area contributed by atoms with Gasteiger partial charge in [-0.05, 0) is 99.3 Å².